The molecule has 1 saturated heterocycles. The normalized spacial score (nSPS) is 24.8. The van der Waals surface area contributed by atoms with Gasteiger partial charge >= 0.3 is 0 Å². The molecule has 1 saturated carbocycles. The minimum Gasteiger partial charge on any atom is -0.338 e. The lowest BCUT2D eigenvalue weighted by Gasteiger charge is -2.36. The van der Waals surface area contributed by atoms with Crippen LogP contribution >= 0.6 is 0 Å². The van der Waals surface area contributed by atoms with Gasteiger partial charge in [-0.05, 0) is 38.6 Å². The number of likely N-dealkylation sites (tertiary alicyclic amines) is 1. The summed E-state index contributed by atoms with van der Waals surface area (Å²) in [5, 5.41) is 12.2. The highest BCUT2D eigenvalue weighted by Gasteiger charge is 2.36. The van der Waals surface area contributed by atoms with Gasteiger partial charge in [0.05, 0.1) is 6.07 Å². The number of piperidine rings is 1. The van der Waals surface area contributed by atoms with Crippen LogP contribution in [0.5, 0.6) is 0 Å². The van der Waals surface area contributed by atoms with Gasteiger partial charge in [0.25, 0.3) is 0 Å². The minimum absolute atomic E-state index is 0.0635. The van der Waals surface area contributed by atoms with E-state index in [1.807, 2.05) is 7.05 Å². The van der Waals surface area contributed by atoms with E-state index in [2.05, 4.69) is 16.3 Å². The number of carbonyl (C=O) groups is 1. The number of hydrogen-bond acceptors (Lipinski definition) is 3. The van der Waals surface area contributed by atoms with Crippen molar-refractivity contribution in [3.8, 4) is 6.07 Å². The molecule has 0 aromatic rings. The average molecular weight is 221 g/mol. The van der Waals surface area contributed by atoms with Crippen LogP contribution in [0.15, 0.2) is 0 Å². The van der Waals surface area contributed by atoms with Gasteiger partial charge in [-0.15, -0.1) is 0 Å². The molecule has 0 aromatic carbocycles. The van der Waals surface area contributed by atoms with Crippen LogP contribution in [0.1, 0.15) is 32.1 Å². The molecule has 1 heterocycles. The van der Waals surface area contributed by atoms with E-state index in [9.17, 15) is 10.1 Å². The Morgan fingerprint density at radius 2 is 2.12 bits per heavy atom. The van der Waals surface area contributed by atoms with Crippen molar-refractivity contribution in [2.75, 3.05) is 20.1 Å². The van der Waals surface area contributed by atoms with Crippen LogP contribution in [0.3, 0.4) is 0 Å². The van der Waals surface area contributed by atoms with Crippen molar-refractivity contribution in [1.82, 2.24) is 10.2 Å². The summed E-state index contributed by atoms with van der Waals surface area (Å²) in [4.78, 5) is 13.9. The smallest absolute Gasteiger partial charge is 0.221 e. The molecule has 2 fully saturated rings. The van der Waals surface area contributed by atoms with E-state index in [0.717, 1.165) is 25.9 Å². The molecule has 2 rings (SSSR count). The van der Waals surface area contributed by atoms with Crippen molar-refractivity contribution >= 4 is 5.91 Å². The van der Waals surface area contributed by atoms with Crippen molar-refractivity contribution in [2.24, 2.45) is 5.92 Å². The van der Waals surface area contributed by atoms with Crippen molar-refractivity contribution in [3.63, 3.8) is 0 Å². The lowest BCUT2D eigenvalue weighted by Crippen LogP contribution is -2.53. The van der Waals surface area contributed by atoms with Crippen molar-refractivity contribution < 1.29 is 4.79 Å². The monoisotopic (exact) mass is 221 g/mol. The Hall–Kier alpha value is -1.08. The maximum absolute atomic E-state index is 11.7. The second-order valence-corrected chi connectivity index (χ2v) is 5.19. The Kier molecular flexibility index (Phi) is 3.15. The first-order valence-electron chi connectivity index (χ1n) is 6.04. The van der Waals surface area contributed by atoms with Crippen molar-refractivity contribution in [3.05, 3.63) is 0 Å². The van der Waals surface area contributed by atoms with Gasteiger partial charge in [-0.3, -0.25) is 4.79 Å². The Balaban J connectivity index is 1.88. The molecular weight excluding hydrogens is 202 g/mol. The van der Waals surface area contributed by atoms with E-state index in [4.69, 9.17) is 0 Å². The zero-order chi connectivity index (χ0) is 11.6. The van der Waals surface area contributed by atoms with Gasteiger partial charge in [0, 0.05) is 19.5 Å². The Bertz CT molecular complexity index is 309. The van der Waals surface area contributed by atoms with E-state index >= 15 is 0 Å². The molecule has 1 N–H and O–H groups in total. The third-order valence-corrected chi connectivity index (χ3v) is 3.60. The molecule has 0 unspecified atom stereocenters. The van der Waals surface area contributed by atoms with E-state index in [0.29, 0.717) is 12.3 Å². The maximum Gasteiger partial charge on any atom is 0.221 e. The maximum atomic E-state index is 11.7. The Morgan fingerprint density at radius 3 is 2.62 bits per heavy atom. The Morgan fingerprint density at radius 1 is 1.50 bits per heavy atom. The highest BCUT2D eigenvalue weighted by atomic mass is 16.1. The molecule has 0 aromatic heterocycles. The predicted molar refractivity (Wildman–Crippen MR) is 60.6 cm³/mol. The third-order valence-electron chi connectivity index (χ3n) is 3.60. The van der Waals surface area contributed by atoms with Gasteiger partial charge in [-0.1, -0.05) is 0 Å². The van der Waals surface area contributed by atoms with Crippen LogP contribution in [0, 0.1) is 17.2 Å². The van der Waals surface area contributed by atoms with E-state index < -0.39 is 5.54 Å². The molecule has 1 amide bonds. The number of amides is 1. The van der Waals surface area contributed by atoms with E-state index in [1.54, 1.807) is 0 Å². The molecular formula is C12H19N3O. The van der Waals surface area contributed by atoms with Crippen LogP contribution in [0.4, 0.5) is 0 Å². The minimum atomic E-state index is -0.599. The molecule has 0 spiro atoms. The summed E-state index contributed by atoms with van der Waals surface area (Å²) in [5.41, 5.74) is -0.599. The van der Waals surface area contributed by atoms with Gasteiger partial charge in [-0.2, -0.15) is 5.26 Å². The second-order valence-electron chi connectivity index (χ2n) is 5.19. The van der Waals surface area contributed by atoms with Gasteiger partial charge < -0.3 is 10.2 Å². The van der Waals surface area contributed by atoms with E-state index in [-0.39, 0.29) is 5.91 Å². The van der Waals surface area contributed by atoms with E-state index in [1.165, 1.54) is 12.8 Å². The van der Waals surface area contributed by atoms with Crippen LogP contribution in [-0.4, -0.2) is 36.5 Å². The summed E-state index contributed by atoms with van der Waals surface area (Å²) in [6.45, 7) is 1.77. The van der Waals surface area contributed by atoms with Gasteiger partial charge in [-0.25, -0.2) is 0 Å². The summed E-state index contributed by atoms with van der Waals surface area (Å²) in [6, 6.07) is 2.30. The summed E-state index contributed by atoms with van der Waals surface area (Å²) in [6.07, 6.45) is 4.46. The largest absolute Gasteiger partial charge is 0.338 e. The summed E-state index contributed by atoms with van der Waals surface area (Å²) < 4.78 is 0. The first-order chi connectivity index (χ1) is 7.63. The van der Waals surface area contributed by atoms with Crippen molar-refractivity contribution in [2.45, 2.75) is 37.6 Å². The number of nitrogens with zero attached hydrogens (tertiary/aromatic N) is 2. The molecule has 0 atom stereocenters. The zero-order valence-corrected chi connectivity index (χ0v) is 9.83. The fourth-order valence-electron chi connectivity index (χ4n) is 2.17. The zero-order valence-electron chi connectivity index (χ0n) is 9.83. The predicted octanol–water partition coefficient (Wildman–Crippen LogP) is 0.891. The van der Waals surface area contributed by atoms with Gasteiger partial charge in [0.15, 0.2) is 0 Å². The molecule has 88 valence electrons. The first-order valence-corrected chi connectivity index (χ1v) is 6.04. The molecule has 4 heteroatoms. The van der Waals surface area contributed by atoms with Crippen molar-refractivity contribution in [1.29, 1.82) is 5.26 Å². The standard InChI is InChI=1S/C12H19N3O/c1-15-6-4-12(9-13,5-7-15)14-11(16)8-10-2-3-10/h10H,2-8H2,1H3,(H,14,16). The molecule has 1 aliphatic carbocycles. The number of carbonyl (C=O) groups excluding carboxylic acids is 1. The molecule has 0 bridgehead atoms. The van der Waals surface area contributed by atoms with Crippen LogP contribution in [-0.2, 0) is 4.79 Å². The number of nitriles is 1. The second kappa shape index (κ2) is 4.42. The number of rotatable bonds is 3. The van der Waals surface area contributed by atoms with Crippen LogP contribution in [0.2, 0.25) is 0 Å². The first kappa shape index (κ1) is 11.4. The lowest BCUT2D eigenvalue weighted by molar-refractivity contribution is -0.123. The SMILES string of the molecule is CN1CCC(C#N)(NC(=O)CC2CC2)CC1. The van der Waals surface area contributed by atoms with Crippen LogP contribution in [0.25, 0.3) is 0 Å². The molecule has 16 heavy (non-hydrogen) atoms. The summed E-state index contributed by atoms with van der Waals surface area (Å²) in [5.74, 6) is 0.649. The fraction of sp³-hybridized carbons (Fsp3) is 0.833. The highest BCUT2D eigenvalue weighted by Crippen LogP contribution is 2.32. The molecule has 2 aliphatic rings. The fourth-order valence-corrected chi connectivity index (χ4v) is 2.17. The third kappa shape index (κ3) is 2.73. The van der Waals surface area contributed by atoms with Gasteiger partial charge in [0.1, 0.15) is 5.54 Å². The van der Waals surface area contributed by atoms with Gasteiger partial charge in [0.2, 0.25) is 5.91 Å². The molecule has 1 aliphatic heterocycles. The molecule has 0 radical (unpaired) electrons. The number of hydrogen-bond donors (Lipinski definition) is 1. The summed E-state index contributed by atoms with van der Waals surface area (Å²) in [7, 11) is 2.05. The molecule has 4 nitrogen and oxygen atoms in total. The number of nitrogens with one attached hydrogen (secondary N) is 1. The van der Waals surface area contributed by atoms with Crippen LogP contribution < -0.4 is 5.32 Å². The average Bonchev–Trinajstić information content (AvgIpc) is 3.06. The highest BCUT2D eigenvalue weighted by molar-refractivity contribution is 5.77. The Labute approximate surface area is 96.6 Å². The summed E-state index contributed by atoms with van der Waals surface area (Å²) >= 11 is 0. The quantitative estimate of drug-likeness (QED) is 0.770. The lowest BCUT2D eigenvalue weighted by atomic mass is 9.89. The topological polar surface area (TPSA) is 56.1 Å².